The number of aryl methyl sites for hydroxylation is 2. The van der Waals surface area contributed by atoms with Crippen LogP contribution in [0.3, 0.4) is 0 Å². The molecule has 0 bridgehead atoms. The summed E-state index contributed by atoms with van der Waals surface area (Å²) < 4.78 is 6.11. The molecule has 5 heteroatoms. The quantitative estimate of drug-likeness (QED) is 0.350. The van der Waals surface area contributed by atoms with E-state index < -0.39 is 5.23 Å². The van der Waals surface area contributed by atoms with Crippen LogP contribution < -0.4 is 5.23 Å². The largest absolute Gasteiger partial charge is 0.595 e. The SMILES string of the molecule is Cc1ccc(-c2oc(C=Nc3ccccc3)c([NH+]([O-])O)c2-c2ccc(C)cc2)cc1. The van der Waals surface area contributed by atoms with Crippen molar-refractivity contribution in [2.45, 2.75) is 13.8 Å². The second kappa shape index (κ2) is 8.47. The highest BCUT2D eigenvalue weighted by atomic mass is 16.8. The van der Waals surface area contributed by atoms with E-state index in [1.807, 2.05) is 92.7 Å². The number of nitrogens with one attached hydrogen (secondary N) is 1. The number of nitrogens with zero attached hydrogens (tertiary/aromatic N) is 1. The van der Waals surface area contributed by atoms with E-state index in [1.165, 1.54) is 6.21 Å². The molecule has 0 radical (unpaired) electrons. The van der Waals surface area contributed by atoms with Crippen molar-refractivity contribution < 1.29 is 14.9 Å². The predicted molar refractivity (Wildman–Crippen MR) is 119 cm³/mol. The third kappa shape index (κ3) is 4.09. The number of para-hydroxylation sites is 1. The molecule has 150 valence electrons. The van der Waals surface area contributed by atoms with E-state index in [4.69, 9.17) is 4.42 Å². The number of hydrogen-bond donors (Lipinski definition) is 2. The van der Waals surface area contributed by atoms with E-state index in [2.05, 4.69) is 4.99 Å². The fourth-order valence-electron chi connectivity index (χ4n) is 3.30. The molecule has 4 aromatic rings. The van der Waals surface area contributed by atoms with Gasteiger partial charge >= 0.3 is 0 Å². The van der Waals surface area contributed by atoms with Crippen LogP contribution in [0, 0.1) is 19.1 Å². The van der Waals surface area contributed by atoms with Crippen molar-refractivity contribution in [3.05, 3.63) is 101 Å². The maximum Gasteiger partial charge on any atom is 0.220 e. The van der Waals surface area contributed by atoms with Crippen molar-refractivity contribution >= 4 is 17.6 Å². The first-order valence-electron chi connectivity index (χ1n) is 9.66. The molecule has 0 saturated carbocycles. The van der Waals surface area contributed by atoms with Gasteiger partial charge in [-0.3, -0.25) is 4.99 Å². The van der Waals surface area contributed by atoms with Gasteiger partial charge in [0.15, 0.2) is 0 Å². The molecule has 4 rings (SSSR count). The molecular weight excluding hydrogens is 376 g/mol. The Bertz CT molecular complexity index is 1160. The Hall–Kier alpha value is -3.51. The summed E-state index contributed by atoms with van der Waals surface area (Å²) in [6.45, 7) is 4.00. The molecule has 0 aliphatic rings. The Balaban J connectivity index is 1.92. The molecule has 0 aliphatic heterocycles. The smallest absolute Gasteiger partial charge is 0.220 e. The minimum absolute atomic E-state index is 0.106. The first-order valence-corrected chi connectivity index (χ1v) is 9.66. The Labute approximate surface area is 175 Å². The van der Waals surface area contributed by atoms with E-state index in [-0.39, 0.29) is 11.4 Å². The Morgan fingerprint density at radius 1 is 0.833 bits per heavy atom. The second-order valence-corrected chi connectivity index (χ2v) is 7.18. The number of aliphatic imine (C=N–C) groups is 1. The van der Waals surface area contributed by atoms with Crippen LogP contribution in [0.15, 0.2) is 88.3 Å². The zero-order valence-electron chi connectivity index (χ0n) is 16.8. The topological polar surface area (TPSA) is 73.2 Å². The van der Waals surface area contributed by atoms with E-state index in [0.717, 1.165) is 27.9 Å². The third-order valence-electron chi connectivity index (χ3n) is 4.89. The lowest BCUT2D eigenvalue weighted by atomic mass is 9.99. The van der Waals surface area contributed by atoms with Gasteiger partial charge in [0.2, 0.25) is 11.4 Å². The summed E-state index contributed by atoms with van der Waals surface area (Å²) in [6, 6.07) is 25.0. The van der Waals surface area contributed by atoms with Gasteiger partial charge in [0, 0.05) is 5.56 Å². The zero-order valence-corrected chi connectivity index (χ0v) is 16.8. The van der Waals surface area contributed by atoms with Crippen molar-refractivity contribution in [2.75, 3.05) is 0 Å². The Kier molecular flexibility index (Phi) is 5.59. The molecule has 0 amide bonds. The molecular formula is C25H22N2O3. The summed E-state index contributed by atoms with van der Waals surface area (Å²) in [7, 11) is 0. The molecule has 3 aromatic carbocycles. The molecule has 5 nitrogen and oxygen atoms in total. The number of rotatable bonds is 5. The van der Waals surface area contributed by atoms with Crippen LogP contribution in [0.4, 0.5) is 11.4 Å². The summed E-state index contributed by atoms with van der Waals surface area (Å²) in [5, 5.41) is 21.3. The second-order valence-electron chi connectivity index (χ2n) is 7.18. The highest BCUT2D eigenvalue weighted by Gasteiger charge is 2.27. The van der Waals surface area contributed by atoms with E-state index in [0.29, 0.717) is 11.3 Å². The van der Waals surface area contributed by atoms with Gasteiger partial charge in [-0.25, -0.2) is 5.21 Å². The van der Waals surface area contributed by atoms with Crippen LogP contribution in [-0.2, 0) is 0 Å². The lowest BCUT2D eigenvalue weighted by molar-refractivity contribution is -0.991. The molecule has 2 N–H and O–H groups in total. The summed E-state index contributed by atoms with van der Waals surface area (Å²) in [4.78, 5) is 4.41. The van der Waals surface area contributed by atoms with Crippen molar-refractivity contribution in [3.63, 3.8) is 0 Å². The van der Waals surface area contributed by atoms with Gasteiger partial charge in [-0.2, -0.15) is 5.23 Å². The maximum absolute atomic E-state index is 12.3. The average Bonchev–Trinajstić information content (AvgIpc) is 3.14. The lowest BCUT2D eigenvalue weighted by Gasteiger charge is -2.13. The molecule has 1 atom stereocenters. The number of furan rings is 1. The van der Waals surface area contributed by atoms with Crippen LogP contribution in [0.25, 0.3) is 22.5 Å². The minimum Gasteiger partial charge on any atom is -0.595 e. The van der Waals surface area contributed by atoms with Crippen LogP contribution >= 0.6 is 0 Å². The normalized spacial score (nSPS) is 12.4. The Morgan fingerprint density at radius 3 is 1.97 bits per heavy atom. The molecule has 1 unspecified atom stereocenters. The fraction of sp³-hybridized carbons (Fsp3) is 0.0800. The van der Waals surface area contributed by atoms with Gasteiger partial charge in [-0.15, -0.1) is 0 Å². The zero-order chi connectivity index (χ0) is 21.1. The van der Waals surface area contributed by atoms with Gasteiger partial charge in [0.1, 0.15) is 5.76 Å². The van der Waals surface area contributed by atoms with Crippen LogP contribution in [0.5, 0.6) is 0 Å². The summed E-state index contributed by atoms with van der Waals surface area (Å²) >= 11 is 0. The average molecular weight is 398 g/mol. The molecule has 30 heavy (non-hydrogen) atoms. The number of hydrogen-bond acceptors (Lipinski definition) is 4. The van der Waals surface area contributed by atoms with E-state index in [9.17, 15) is 10.4 Å². The van der Waals surface area contributed by atoms with Crippen molar-refractivity contribution in [3.8, 4) is 22.5 Å². The third-order valence-corrected chi connectivity index (χ3v) is 4.89. The minimum atomic E-state index is -1.05. The standard InChI is InChI=1S/C25H22N2O3/c1-17-8-12-19(13-9-17)23-24(27(28)29)22(16-26-21-6-4-3-5-7-21)30-25(23)20-14-10-18(2)11-15-20/h3-16,27-28H,1-2H3. The predicted octanol–water partition coefficient (Wildman–Crippen LogP) is 5.38. The Morgan fingerprint density at radius 2 is 1.40 bits per heavy atom. The lowest BCUT2D eigenvalue weighted by Crippen LogP contribution is -2.99. The molecule has 1 aromatic heterocycles. The van der Waals surface area contributed by atoms with Crippen LogP contribution in [0.2, 0.25) is 0 Å². The van der Waals surface area contributed by atoms with E-state index >= 15 is 0 Å². The molecule has 0 fully saturated rings. The van der Waals surface area contributed by atoms with Crippen molar-refractivity contribution in [2.24, 2.45) is 4.99 Å². The molecule has 1 heterocycles. The summed E-state index contributed by atoms with van der Waals surface area (Å²) in [6.07, 6.45) is 1.48. The van der Waals surface area contributed by atoms with Gasteiger partial charge in [0.25, 0.3) is 0 Å². The highest BCUT2D eigenvalue weighted by molar-refractivity contribution is 5.96. The number of benzene rings is 3. The first-order chi connectivity index (χ1) is 14.5. The van der Waals surface area contributed by atoms with E-state index in [1.54, 1.807) is 0 Å². The number of quaternary nitrogens is 1. The summed E-state index contributed by atoms with van der Waals surface area (Å²) in [5.74, 6) is 0.739. The van der Waals surface area contributed by atoms with Gasteiger partial charge in [0.05, 0.1) is 17.5 Å². The van der Waals surface area contributed by atoms with Gasteiger partial charge < -0.3 is 9.62 Å². The van der Waals surface area contributed by atoms with Crippen LogP contribution in [0.1, 0.15) is 16.9 Å². The highest BCUT2D eigenvalue weighted by Crippen LogP contribution is 2.40. The van der Waals surface area contributed by atoms with Gasteiger partial charge in [-0.05, 0) is 31.5 Å². The summed E-state index contributed by atoms with van der Waals surface area (Å²) in [5.41, 5.74) is 5.21. The van der Waals surface area contributed by atoms with Crippen LogP contribution in [-0.4, -0.2) is 11.4 Å². The van der Waals surface area contributed by atoms with Crippen molar-refractivity contribution in [1.29, 1.82) is 0 Å². The molecule has 0 aliphatic carbocycles. The molecule has 0 saturated heterocycles. The fourth-order valence-corrected chi connectivity index (χ4v) is 3.30. The monoisotopic (exact) mass is 398 g/mol. The first kappa shape index (κ1) is 19.8. The maximum atomic E-state index is 12.3. The van der Waals surface area contributed by atoms with Gasteiger partial charge in [-0.1, -0.05) is 77.9 Å². The van der Waals surface area contributed by atoms with Crippen molar-refractivity contribution in [1.82, 2.24) is 0 Å². The molecule has 0 spiro atoms.